The molecule has 0 fully saturated rings. The number of carbonyl (C=O) groups is 1. The predicted octanol–water partition coefficient (Wildman–Crippen LogP) is 2.48. The van der Waals surface area contributed by atoms with Gasteiger partial charge in [0, 0.05) is 12.7 Å². The van der Waals surface area contributed by atoms with Crippen molar-refractivity contribution < 1.29 is 9.53 Å². The van der Waals surface area contributed by atoms with Gasteiger partial charge in [-0.2, -0.15) is 0 Å². The number of nitrogens with zero attached hydrogens (tertiary/aromatic N) is 1. The SMILES string of the molecule is COC(=O)c1ccc(NCc2ccccc2)nc1. The van der Waals surface area contributed by atoms with Crippen LogP contribution in [0.4, 0.5) is 5.82 Å². The minimum atomic E-state index is -0.378. The number of anilines is 1. The van der Waals surface area contributed by atoms with Gasteiger partial charge in [-0.3, -0.25) is 0 Å². The fraction of sp³-hybridized carbons (Fsp3) is 0.143. The van der Waals surface area contributed by atoms with Crippen LogP contribution in [0.3, 0.4) is 0 Å². The number of hydrogen-bond donors (Lipinski definition) is 1. The van der Waals surface area contributed by atoms with Gasteiger partial charge in [0.25, 0.3) is 0 Å². The van der Waals surface area contributed by atoms with Crippen molar-refractivity contribution in [3.63, 3.8) is 0 Å². The lowest BCUT2D eigenvalue weighted by Crippen LogP contribution is -2.04. The molecule has 4 heteroatoms. The average Bonchev–Trinajstić information content (AvgIpc) is 2.46. The van der Waals surface area contributed by atoms with E-state index in [1.807, 2.05) is 30.3 Å². The van der Waals surface area contributed by atoms with Crippen LogP contribution in [0.5, 0.6) is 0 Å². The van der Waals surface area contributed by atoms with E-state index >= 15 is 0 Å². The molecule has 92 valence electrons. The first-order valence-electron chi connectivity index (χ1n) is 5.62. The van der Waals surface area contributed by atoms with Gasteiger partial charge in [0.05, 0.1) is 12.7 Å². The van der Waals surface area contributed by atoms with Gasteiger partial charge in [-0.15, -0.1) is 0 Å². The quantitative estimate of drug-likeness (QED) is 0.837. The van der Waals surface area contributed by atoms with Crippen molar-refractivity contribution in [3.05, 3.63) is 59.8 Å². The Balaban J connectivity index is 1.97. The molecule has 1 N–H and O–H groups in total. The van der Waals surface area contributed by atoms with Crippen molar-refractivity contribution in [2.75, 3.05) is 12.4 Å². The molecule has 4 nitrogen and oxygen atoms in total. The summed E-state index contributed by atoms with van der Waals surface area (Å²) in [6.07, 6.45) is 1.50. The second kappa shape index (κ2) is 5.82. The Hall–Kier alpha value is -2.36. The first-order chi connectivity index (χ1) is 8.79. The number of hydrogen-bond acceptors (Lipinski definition) is 4. The van der Waals surface area contributed by atoms with E-state index in [-0.39, 0.29) is 5.97 Å². The largest absolute Gasteiger partial charge is 0.465 e. The van der Waals surface area contributed by atoms with Crippen LogP contribution in [-0.4, -0.2) is 18.1 Å². The van der Waals surface area contributed by atoms with Crippen LogP contribution in [0.25, 0.3) is 0 Å². The minimum Gasteiger partial charge on any atom is -0.465 e. The molecular formula is C14H14N2O2. The predicted molar refractivity (Wildman–Crippen MR) is 69.3 cm³/mol. The summed E-state index contributed by atoms with van der Waals surface area (Å²) in [5.74, 6) is 0.351. The third-order valence-corrected chi connectivity index (χ3v) is 2.50. The lowest BCUT2D eigenvalue weighted by molar-refractivity contribution is 0.0600. The molecule has 0 radical (unpaired) electrons. The number of esters is 1. The molecule has 1 heterocycles. The molecule has 0 atom stereocenters. The molecule has 0 bridgehead atoms. The summed E-state index contributed by atoms with van der Waals surface area (Å²) in [6.45, 7) is 0.700. The highest BCUT2D eigenvalue weighted by Gasteiger charge is 2.04. The van der Waals surface area contributed by atoms with Crippen LogP contribution >= 0.6 is 0 Å². The summed E-state index contributed by atoms with van der Waals surface area (Å²) in [5, 5.41) is 3.18. The fourth-order valence-electron chi connectivity index (χ4n) is 1.53. The van der Waals surface area contributed by atoms with E-state index in [2.05, 4.69) is 15.0 Å². The van der Waals surface area contributed by atoms with E-state index in [0.29, 0.717) is 12.1 Å². The van der Waals surface area contributed by atoms with Crippen molar-refractivity contribution in [1.82, 2.24) is 4.98 Å². The summed E-state index contributed by atoms with van der Waals surface area (Å²) in [7, 11) is 1.35. The zero-order chi connectivity index (χ0) is 12.8. The Morgan fingerprint density at radius 3 is 2.61 bits per heavy atom. The van der Waals surface area contributed by atoms with Crippen LogP contribution in [0.1, 0.15) is 15.9 Å². The zero-order valence-corrected chi connectivity index (χ0v) is 10.1. The van der Waals surface area contributed by atoms with Crippen LogP contribution in [0.2, 0.25) is 0 Å². The second-order valence-corrected chi connectivity index (χ2v) is 3.76. The number of nitrogens with one attached hydrogen (secondary N) is 1. The second-order valence-electron chi connectivity index (χ2n) is 3.76. The number of ether oxygens (including phenoxy) is 1. The number of methoxy groups -OCH3 is 1. The van der Waals surface area contributed by atoms with Crippen molar-refractivity contribution in [3.8, 4) is 0 Å². The smallest absolute Gasteiger partial charge is 0.339 e. The van der Waals surface area contributed by atoms with Gasteiger partial charge in [-0.05, 0) is 17.7 Å². The van der Waals surface area contributed by atoms with Gasteiger partial charge in [0.2, 0.25) is 0 Å². The Kier molecular flexibility index (Phi) is 3.91. The molecule has 1 aromatic carbocycles. The molecule has 0 aliphatic rings. The van der Waals surface area contributed by atoms with Gasteiger partial charge >= 0.3 is 5.97 Å². The van der Waals surface area contributed by atoms with Crippen LogP contribution < -0.4 is 5.32 Å². The fourth-order valence-corrected chi connectivity index (χ4v) is 1.53. The van der Waals surface area contributed by atoms with E-state index in [1.54, 1.807) is 12.1 Å². The van der Waals surface area contributed by atoms with E-state index in [1.165, 1.54) is 18.9 Å². The molecule has 0 unspecified atom stereocenters. The molecule has 18 heavy (non-hydrogen) atoms. The van der Waals surface area contributed by atoms with Crippen LogP contribution in [-0.2, 0) is 11.3 Å². The highest BCUT2D eigenvalue weighted by molar-refractivity contribution is 5.89. The molecule has 2 rings (SSSR count). The van der Waals surface area contributed by atoms with Crippen molar-refractivity contribution in [2.24, 2.45) is 0 Å². The van der Waals surface area contributed by atoms with Crippen molar-refractivity contribution >= 4 is 11.8 Å². The van der Waals surface area contributed by atoms with Gasteiger partial charge in [0.15, 0.2) is 0 Å². The maximum absolute atomic E-state index is 11.2. The maximum Gasteiger partial charge on any atom is 0.339 e. The molecule has 2 aromatic rings. The first-order valence-corrected chi connectivity index (χ1v) is 5.62. The lowest BCUT2D eigenvalue weighted by atomic mass is 10.2. The van der Waals surface area contributed by atoms with Gasteiger partial charge in [-0.1, -0.05) is 30.3 Å². The Morgan fingerprint density at radius 1 is 1.22 bits per heavy atom. The minimum absolute atomic E-state index is 0.378. The molecule has 0 amide bonds. The van der Waals surface area contributed by atoms with E-state index < -0.39 is 0 Å². The normalized spacial score (nSPS) is 9.83. The number of pyridine rings is 1. The number of rotatable bonds is 4. The summed E-state index contributed by atoms with van der Waals surface area (Å²) in [5.41, 5.74) is 1.62. The third-order valence-electron chi connectivity index (χ3n) is 2.50. The molecule has 0 aliphatic heterocycles. The summed E-state index contributed by atoms with van der Waals surface area (Å²) in [6, 6.07) is 13.5. The zero-order valence-electron chi connectivity index (χ0n) is 10.1. The first kappa shape index (κ1) is 12.1. The van der Waals surface area contributed by atoms with Crippen LogP contribution in [0.15, 0.2) is 48.7 Å². The van der Waals surface area contributed by atoms with Crippen molar-refractivity contribution in [2.45, 2.75) is 6.54 Å². The van der Waals surface area contributed by atoms with Gasteiger partial charge in [0.1, 0.15) is 5.82 Å². The molecule has 0 spiro atoms. The monoisotopic (exact) mass is 242 g/mol. The Labute approximate surface area is 106 Å². The highest BCUT2D eigenvalue weighted by Crippen LogP contribution is 2.08. The molecule has 0 saturated carbocycles. The molecular weight excluding hydrogens is 228 g/mol. The number of benzene rings is 1. The number of carbonyl (C=O) groups excluding carboxylic acids is 1. The average molecular weight is 242 g/mol. The molecule has 1 aromatic heterocycles. The molecule has 0 saturated heterocycles. The third kappa shape index (κ3) is 3.07. The molecule has 0 aliphatic carbocycles. The standard InChI is InChI=1S/C14H14N2O2/c1-18-14(17)12-7-8-13(16-10-12)15-9-11-5-3-2-4-6-11/h2-8,10H,9H2,1H3,(H,15,16). The lowest BCUT2D eigenvalue weighted by Gasteiger charge is -2.06. The highest BCUT2D eigenvalue weighted by atomic mass is 16.5. The topological polar surface area (TPSA) is 51.2 Å². The summed E-state index contributed by atoms with van der Waals surface area (Å²) < 4.78 is 4.61. The van der Waals surface area contributed by atoms with E-state index in [4.69, 9.17) is 0 Å². The maximum atomic E-state index is 11.2. The Morgan fingerprint density at radius 2 is 2.00 bits per heavy atom. The van der Waals surface area contributed by atoms with Crippen LogP contribution in [0, 0.1) is 0 Å². The van der Waals surface area contributed by atoms with E-state index in [0.717, 1.165) is 5.82 Å². The summed E-state index contributed by atoms with van der Waals surface area (Å²) >= 11 is 0. The summed E-state index contributed by atoms with van der Waals surface area (Å²) in [4.78, 5) is 15.4. The Bertz CT molecular complexity index is 509. The van der Waals surface area contributed by atoms with Gasteiger partial charge < -0.3 is 10.1 Å². The van der Waals surface area contributed by atoms with E-state index in [9.17, 15) is 4.79 Å². The number of aromatic nitrogens is 1. The van der Waals surface area contributed by atoms with Crippen molar-refractivity contribution in [1.29, 1.82) is 0 Å². The van der Waals surface area contributed by atoms with Gasteiger partial charge in [-0.25, -0.2) is 9.78 Å².